The third-order valence-corrected chi connectivity index (χ3v) is 8.38. The molecular formula is C28H24N4O5S2. The zero-order chi connectivity index (χ0) is 27.2. The highest BCUT2D eigenvalue weighted by Gasteiger charge is 2.54. The number of esters is 1. The third-order valence-electron chi connectivity index (χ3n) is 6.20. The van der Waals surface area contributed by atoms with Crippen LogP contribution in [0.2, 0.25) is 0 Å². The number of fused-ring (bicyclic) bond motifs is 1. The molecule has 0 bridgehead atoms. The van der Waals surface area contributed by atoms with Gasteiger partial charge in [-0.2, -0.15) is 5.10 Å². The zero-order valence-corrected chi connectivity index (χ0v) is 22.2. The molecule has 3 heterocycles. The topological polar surface area (TPSA) is 117 Å². The number of nitrogens with one attached hydrogen (secondary N) is 2. The molecule has 1 aromatic heterocycles. The second-order valence-corrected chi connectivity index (χ2v) is 10.8. The number of nitrogens with zero attached hydrogens (tertiary/aromatic N) is 2. The van der Waals surface area contributed by atoms with Crippen LogP contribution in [0.4, 0.5) is 0 Å². The van der Waals surface area contributed by atoms with Crippen LogP contribution in [0.3, 0.4) is 0 Å². The number of carbonyl (C=O) groups is 4. The van der Waals surface area contributed by atoms with Gasteiger partial charge in [0.2, 0.25) is 12.3 Å². The molecule has 3 amide bonds. The second kappa shape index (κ2) is 12.1. The Kier molecular flexibility index (Phi) is 8.18. The SMILES string of the molecule is O=CNN=CC1=C(C(=O)OC(c2ccccc2)c2ccccc2)N2C(=O)C(NC(=O)Cc3cccs3)[C@@H]2SC1. The van der Waals surface area contributed by atoms with E-state index < -0.39 is 29.4 Å². The van der Waals surface area contributed by atoms with Crippen molar-refractivity contribution >= 4 is 53.5 Å². The van der Waals surface area contributed by atoms with Gasteiger partial charge in [0.05, 0.1) is 12.6 Å². The number of hydrogen-bond donors (Lipinski definition) is 2. The van der Waals surface area contributed by atoms with Crippen LogP contribution in [0.25, 0.3) is 0 Å². The fraction of sp³-hybridized carbons (Fsp3) is 0.179. The summed E-state index contributed by atoms with van der Waals surface area (Å²) in [6.45, 7) is 0. The number of hydrogen-bond acceptors (Lipinski definition) is 8. The van der Waals surface area contributed by atoms with Crippen molar-refractivity contribution in [1.82, 2.24) is 15.6 Å². The molecule has 5 rings (SSSR count). The molecule has 1 saturated heterocycles. The summed E-state index contributed by atoms with van der Waals surface area (Å²) in [5.74, 6) is -1.06. The molecular weight excluding hydrogens is 536 g/mol. The number of rotatable bonds is 10. The standard InChI is InChI=1S/C28H24N4O5S2/c33-17-30-29-15-20-16-39-27-23(31-22(34)14-21-12-7-13-38-21)26(35)32(27)24(20)28(36)37-25(18-8-3-1-4-9-18)19-10-5-2-6-11-19/h1-13,15,17,23,25,27H,14,16H2,(H,30,33)(H,31,34)/t23?,27-/m0/s1. The molecule has 11 heteroatoms. The Labute approximate surface area is 232 Å². The summed E-state index contributed by atoms with van der Waals surface area (Å²) in [6, 6.07) is 21.6. The first kappa shape index (κ1) is 26.4. The molecule has 0 saturated carbocycles. The van der Waals surface area contributed by atoms with Crippen LogP contribution in [0.5, 0.6) is 0 Å². The normalized spacial score (nSPS) is 18.5. The number of hydrazone groups is 1. The summed E-state index contributed by atoms with van der Waals surface area (Å²) in [5.41, 5.74) is 4.20. The van der Waals surface area contributed by atoms with Crippen molar-refractivity contribution in [1.29, 1.82) is 0 Å². The molecule has 2 N–H and O–H groups in total. The molecule has 0 aliphatic carbocycles. The van der Waals surface area contributed by atoms with Crippen LogP contribution in [0.15, 0.2) is 94.5 Å². The lowest BCUT2D eigenvalue weighted by Crippen LogP contribution is -2.70. The van der Waals surface area contributed by atoms with Crippen molar-refractivity contribution in [3.63, 3.8) is 0 Å². The van der Waals surface area contributed by atoms with E-state index in [2.05, 4.69) is 15.8 Å². The predicted octanol–water partition coefficient (Wildman–Crippen LogP) is 3.01. The van der Waals surface area contributed by atoms with Gasteiger partial charge in [-0.1, -0.05) is 66.7 Å². The summed E-state index contributed by atoms with van der Waals surface area (Å²) in [4.78, 5) is 52.6. The molecule has 9 nitrogen and oxygen atoms in total. The Hall–Kier alpha value is -4.22. The largest absolute Gasteiger partial charge is 0.448 e. The van der Waals surface area contributed by atoms with Crippen molar-refractivity contribution in [3.8, 4) is 0 Å². The molecule has 2 aliphatic rings. The minimum Gasteiger partial charge on any atom is -0.448 e. The summed E-state index contributed by atoms with van der Waals surface area (Å²) in [6.07, 6.45) is 1.20. The van der Waals surface area contributed by atoms with Gasteiger partial charge in [-0.3, -0.25) is 19.3 Å². The van der Waals surface area contributed by atoms with E-state index >= 15 is 0 Å². The van der Waals surface area contributed by atoms with Crippen molar-refractivity contribution in [2.24, 2.45) is 5.10 Å². The molecule has 0 radical (unpaired) electrons. The average Bonchev–Trinajstić information content (AvgIpc) is 3.48. The monoisotopic (exact) mass is 560 g/mol. The number of amides is 3. The number of carbonyl (C=O) groups excluding carboxylic acids is 4. The Balaban J connectivity index is 1.41. The maximum atomic E-state index is 13.8. The van der Waals surface area contributed by atoms with E-state index in [-0.39, 0.29) is 18.0 Å². The van der Waals surface area contributed by atoms with E-state index in [1.165, 1.54) is 34.2 Å². The number of thiophene rings is 1. The Morgan fingerprint density at radius 2 is 1.74 bits per heavy atom. The average molecular weight is 561 g/mol. The molecule has 1 unspecified atom stereocenters. The zero-order valence-electron chi connectivity index (χ0n) is 20.6. The molecule has 3 aromatic rings. The van der Waals surface area contributed by atoms with E-state index in [1.807, 2.05) is 78.2 Å². The molecule has 1 fully saturated rings. The maximum absolute atomic E-state index is 13.8. The van der Waals surface area contributed by atoms with Crippen molar-refractivity contribution in [2.45, 2.75) is 23.9 Å². The van der Waals surface area contributed by atoms with Crippen LogP contribution in [0.1, 0.15) is 22.1 Å². The molecule has 198 valence electrons. The Bertz CT molecular complexity index is 1370. The Morgan fingerprint density at radius 1 is 1.05 bits per heavy atom. The maximum Gasteiger partial charge on any atom is 0.356 e. The van der Waals surface area contributed by atoms with Gasteiger partial charge in [0, 0.05) is 16.2 Å². The van der Waals surface area contributed by atoms with E-state index in [1.54, 1.807) is 0 Å². The number of benzene rings is 2. The van der Waals surface area contributed by atoms with E-state index in [0.29, 0.717) is 17.7 Å². The quantitative estimate of drug-likeness (QED) is 0.129. The Morgan fingerprint density at radius 3 is 2.36 bits per heavy atom. The first-order chi connectivity index (χ1) is 19.1. The van der Waals surface area contributed by atoms with Crippen LogP contribution < -0.4 is 10.7 Å². The van der Waals surface area contributed by atoms with Gasteiger partial charge in [-0.15, -0.1) is 23.1 Å². The minimum absolute atomic E-state index is 0.0424. The van der Waals surface area contributed by atoms with Crippen molar-refractivity contribution < 1.29 is 23.9 Å². The van der Waals surface area contributed by atoms with Gasteiger partial charge >= 0.3 is 5.97 Å². The lowest BCUT2D eigenvalue weighted by Gasteiger charge is -2.49. The van der Waals surface area contributed by atoms with Gasteiger partial charge < -0.3 is 10.1 Å². The van der Waals surface area contributed by atoms with E-state index in [9.17, 15) is 19.2 Å². The molecule has 2 aromatic carbocycles. The first-order valence-corrected chi connectivity index (χ1v) is 14.0. The molecule has 2 atom stereocenters. The van der Waals surface area contributed by atoms with Crippen molar-refractivity contribution in [2.75, 3.05) is 5.75 Å². The summed E-state index contributed by atoms with van der Waals surface area (Å²) < 4.78 is 6.05. The van der Waals surface area contributed by atoms with Crippen molar-refractivity contribution in [3.05, 3.63) is 105 Å². The molecule has 0 spiro atoms. The van der Waals surface area contributed by atoms with Crippen LogP contribution in [0, 0.1) is 0 Å². The van der Waals surface area contributed by atoms with Crippen LogP contribution >= 0.6 is 23.1 Å². The highest BCUT2D eigenvalue weighted by molar-refractivity contribution is 8.00. The van der Waals surface area contributed by atoms with Crippen LogP contribution in [-0.4, -0.2) is 52.5 Å². The lowest BCUT2D eigenvalue weighted by molar-refractivity contribution is -0.154. The number of ether oxygens (including phenoxy) is 1. The summed E-state index contributed by atoms with van der Waals surface area (Å²) in [7, 11) is 0. The summed E-state index contributed by atoms with van der Waals surface area (Å²) in [5, 5.41) is 8.05. The lowest BCUT2D eigenvalue weighted by atomic mass is 10.0. The van der Waals surface area contributed by atoms with Gasteiger partial charge in [-0.05, 0) is 22.6 Å². The molecule has 39 heavy (non-hydrogen) atoms. The first-order valence-electron chi connectivity index (χ1n) is 12.1. The minimum atomic E-state index is -0.768. The van der Waals surface area contributed by atoms with Gasteiger partial charge in [-0.25, -0.2) is 10.2 Å². The van der Waals surface area contributed by atoms with E-state index in [0.717, 1.165) is 16.0 Å². The van der Waals surface area contributed by atoms with Gasteiger partial charge in [0.1, 0.15) is 17.1 Å². The third kappa shape index (κ3) is 5.79. The van der Waals surface area contributed by atoms with Gasteiger partial charge in [0.15, 0.2) is 6.10 Å². The highest BCUT2D eigenvalue weighted by Crippen LogP contribution is 2.41. The smallest absolute Gasteiger partial charge is 0.356 e. The predicted molar refractivity (Wildman–Crippen MR) is 149 cm³/mol. The fourth-order valence-corrected chi connectivity index (χ4v) is 6.42. The number of thioether (sulfide) groups is 1. The summed E-state index contributed by atoms with van der Waals surface area (Å²) >= 11 is 2.86. The van der Waals surface area contributed by atoms with E-state index in [4.69, 9.17) is 4.74 Å². The fourth-order valence-electron chi connectivity index (χ4n) is 4.42. The van der Waals surface area contributed by atoms with Gasteiger partial charge in [0.25, 0.3) is 5.91 Å². The molecule has 2 aliphatic heterocycles. The second-order valence-electron chi connectivity index (χ2n) is 8.70. The number of β-lactam (4-membered cyclic amide) rings is 1. The van der Waals surface area contributed by atoms with Crippen LogP contribution in [-0.2, 0) is 30.3 Å². The highest BCUT2D eigenvalue weighted by atomic mass is 32.2.